The fourth-order valence-electron chi connectivity index (χ4n) is 3.40. The Morgan fingerprint density at radius 2 is 2.05 bits per heavy atom. The van der Waals surface area contributed by atoms with E-state index in [2.05, 4.69) is 44.3 Å². The molecule has 118 valence electrons. The van der Waals surface area contributed by atoms with Gasteiger partial charge in [0, 0.05) is 19.1 Å². The van der Waals surface area contributed by atoms with E-state index in [1.54, 1.807) is 0 Å². The van der Waals surface area contributed by atoms with Gasteiger partial charge in [0.1, 0.15) is 5.75 Å². The molecule has 1 aliphatic rings. The van der Waals surface area contributed by atoms with E-state index in [9.17, 15) is 0 Å². The lowest BCUT2D eigenvalue weighted by Gasteiger charge is -2.40. The van der Waals surface area contributed by atoms with Crippen LogP contribution in [0.1, 0.15) is 57.2 Å². The topological polar surface area (TPSA) is 30.5 Å². The van der Waals surface area contributed by atoms with Crippen LogP contribution >= 0.6 is 0 Å². The number of benzene rings is 1. The maximum Gasteiger partial charge on any atom is 0.127 e. The second-order valence-corrected chi connectivity index (χ2v) is 5.80. The molecule has 0 fully saturated rings. The van der Waals surface area contributed by atoms with E-state index in [0.29, 0.717) is 0 Å². The number of fused-ring (bicyclic) bond motifs is 1. The van der Waals surface area contributed by atoms with Crippen LogP contribution < -0.4 is 10.1 Å². The van der Waals surface area contributed by atoms with Crippen LogP contribution in [-0.4, -0.2) is 25.9 Å². The van der Waals surface area contributed by atoms with Crippen molar-refractivity contribution in [3.8, 4) is 5.75 Å². The van der Waals surface area contributed by atoms with Crippen LogP contribution in [0.15, 0.2) is 18.2 Å². The van der Waals surface area contributed by atoms with Crippen molar-refractivity contribution in [1.82, 2.24) is 5.32 Å². The molecule has 0 saturated heterocycles. The van der Waals surface area contributed by atoms with E-state index >= 15 is 0 Å². The summed E-state index contributed by atoms with van der Waals surface area (Å²) >= 11 is 0. The van der Waals surface area contributed by atoms with Crippen molar-refractivity contribution < 1.29 is 9.47 Å². The van der Waals surface area contributed by atoms with Gasteiger partial charge < -0.3 is 14.8 Å². The van der Waals surface area contributed by atoms with Gasteiger partial charge in [0.15, 0.2) is 0 Å². The molecule has 3 heteroatoms. The lowest BCUT2D eigenvalue weighted by molar-refractivity contribution is -0.0490. The normalized spacial score (nSPS) is 15.6. The predicted octanol–water partition coefficient (Wildman–Crippen LogP) is 3.87. The summed E-state index contributed by atoms with van der Waals surface area (Å²) in [6.45, 7) is 8.39. The van der Waals surface area contributed by atoms with Gasteiger partial charge in [0.05, 0.1) is 18.2 Å². The molecule has 1 atom stereocenters. The molecule has 0 spiro atoms. The number of hydrogen-bond acceptors (Lipinski definition) is 3. The number of para-hydroxylation sites is 1. The fourth-order valence-corrected chi connectivity index (χ4v) is 3.40. The first-order chi connectivity index (χ1) is 10.2. The highest BCUT2D eigenvalue weighted by Gasteiger charge is 2.39. The van der Waals surface area contributed by atoms with Gasteiger partial charge >= 0.3 is 0 Å². The minimum atomic E-state index is -0.184. The molecular formula is C18H29NO2. The van der Waals surface area contributed by atoms with E-state index in [1.807, 2.05) is 7.11 Å². The minimum Gasteiger partial charge on any atom is -0.493 e. The Labute approximate surface area is 129 Å². The highest BCUT2D eigenvalue weighted by molar-refractivity contribution is 5.46. The van der Waals surface area contributed by atoms with Crippen LogP contribution in [0.2, 0.25) is 0 Å². The third kappa shape index (κ3) is 3.09. The summed E-state index contributed by atoms with van der Waals surface area (Å²) in [5.74, 6) is 1.08. The first kappa shape index (κ1) is 16.3. The number of nitrogens with one attached hydrogen (secondary N) is 1. The Morgan fingerprint density at radius 3 is 2.67 bits per heavy atom. The fraction of sp³-hybridized carbons (Fsp3) is 0.667. The Morgan fingerprint density at radius 1 is 1.29 bits per heavy atom. The average Bonchev–Trinajstić information content (AvgIpc) is 3.01. The van der Waals surface area contributed by atoms with Crippen LogP contribution in [0.3, 0.4) is 0 Å². The summed E-state index contributed by atoms with van der Waals surface area (Å²) in [7, 11) is 1.83. The van der Waals surface area contributed by atoms with E-state index < -0.39 is 0 Å². The number of hydrogen-bond donors (Lipinski definition) is 1. The van der Waals surface area contributed by atoms with E-state index in [0.717, 1.165) is 44.6 Å². The number of rotatable bonds is 8. The lowest BCUT2D eigenvalue weighted by Crippen LogP contribution is -2.45. The molecule has 0 aliphatic carbocycles. The molecule has 0 aromatic heterocycles. The highest BCUT2D eigenvalue weighted by atomic mass is 16.5. The third-order valence-electron chi connectivity index (χ3n) is 4.78. The molecule has 1 unspecified atom stereocenters. The van der Waals surface area contributed by atoms with Crippen molar-refractivity contribution in [2.45, 2.75) is 58.1 Å². The Hall–Kier alpha value is -1.06. The largest absolute Gasteiger partial charge is 0.493 e. The molecule has 21 heavy (non-hydrogen) atoms. The summed E-state index contributed by atoms with van der Waals surface area (Å²) in [6, 6.07) is 6.69. The van der Waals surface area contributed by atoms with Gasteiger partial charge in [-0.05, 0) is 31.4 Å². The first-order valence-electron chi connectivity index (χ1n) is 8.25. The second kappa shape index (κ2) is 7.28. The van der Waals surface area contributed by atoms with Gasteiger partial charge in [-0.1, -0.05) is 39.0 Å². The van der Waals surface area contributed by atoms with E-state index in [4.69, 9.17) is 9.47 Å². The van der Waals surface area contributed by atoms with Crippen LogP contribution in [0.25, 0.3) is 0 Å². The summed E-state index contributed by atoms with van der Waals surface area (Å²) < 4.78 is 11.9. The molecule has 2 rings (SSSR count). The van der Waals surface area contributed by atoms with Crippen molar-refractivity contribution in [3.63, 3.8) is 0 Å². The summed E-state index contributed by atoms with van der Waals surface area (Å²) in [5.41, 5.74) is 2.40. The van der Waals surface area contributed by atoms with Crippen LogP contribution in [0.4, 0.5) is 0 Å². The Bertz CT molecular complexity index is 446. The van der Waals surface area contributed by atoms with E-state index in [-0.39, 0.29) is 11.6 Å². The standard InChI is InChI=1S/C18H29NO2/c1-5-12-19-17(18(6-2,7-3)20-4)15-10-8-9-14-11-13-21-16(14)15/h8-10,17,19H,5-7,11-13H2,1-4H3. The summed E-state index contributed by atoms with van der Waals surface area (Å²) in [6.07, 6.45) is 4.08. The van der Waals surface area contributed by atoms with Crippen molar-refractivity contribution >= 4 is 0 Å². The molecule has 1 heterocycles. The number of ether oxygens (including phenoxy) is 2. The maximum atomic E-state index is 5.99. The molecule has 0 amide bonds. The highest BCUT2D eigenvalue weighted by Crippen LogP contribution is 2.41. The molecule has 0 radical (unpaired) electrons. The van der Waals surface area contributed by atoms with Gasteiger partial charge in [-0.15, -0.1) is 0 Å². The third-order valence-corrected chi connectivity index (χ3v) is 4.78. The molecule has 3 nitrogen and oxygen atoms in total. The SMILES string of the molecule is CCCNC(c1cccc2c1OCC2)C(CC)(CC)OC. The molecular weight excluding hydrogens is 262 g/mol. The molecule has 0 saturated carbocycles. The molecule has 0 bridgehead atoms. The van der Waals surface area contributed by atoms with Crippen molar-refractivity contribution in [2.24, 2.45) is 0 Å². The van der Waals surface area contributed by atoms with Gasteiger partial charge in [-0.25, -0.2) is 0 Å². The zero-order valence-electron chi connectivity index (χ0n) is 13.9. The molecule has 1 aromatic rings. The molecule has 1 aliphatic heterocycles. The lowest BCUT2D eigenvalue weighted by atomic mass is 9.82. The van der Waals surface area contributed by atoms with Crippen LogP contribution in [0, 0.1) is 0 Å². The Balaban J connectivity index is 2.43. The number of methoxy groups -OCH3 is 1. The second-order valence-electron chi connectivity index (χ2n) is 5.80. The summed E-state index contributed by atoms with van der Waals surface area (Å²) in [5, 5.41) is 3.70. The van der Waals surface area contributed by atoms with Gasteiger partial charge in [0.2, 0.25) is 0 Å². The van der Waals surface area contributed by atoms with Crippen LogP contribution in [-0.2, 0) is 11.2 Å². The average molecular weight is 291 g/mol. The van der Waals surface area contributed by atoms with Crippen molar-refractivity contribution in [1.29, 1.82) is 0 Å². The summed E-state index contributed by atoms with van der Waals surface area (Å²) in [4.78, 5) is 0. The smallest absolute Gasteiger partial charge is 0.127 e. The first-order valence-corrected chi connectivity index (χ1v) is 8.25. The van der Waals surface area contributed by atoms with Crippen molar-refractivity contribution in [2.75, 3.05) is 20.3 Å². The predicted molar refractivity (Wildman–Crippen MR) is 87.0 cm³/mol. The zero-order valence-corrected chi connectivity index (χ0v) is 13.9. The van der Waals surface area contributed by atoms with Gasteiger partial charge in [-0.2, -0.15) is 0 Å². The molecule has 1 N–H and O–H groups in total. The quantitative estimate of drug-likeness (QED) is 0.788. The monoisotopic (exact) mass is 291 g/mol. The van der Waals surface area contributed by atoms with Gasteiger partial charge in [0.25, 0.3) is 0 Å². The molecule has 1 aromatic carbocycles. The van der Waals surface area contributed by atoms with Gasteiger partial charge in [-0.3, -0.25) is 0 Å². The van der Waals surface area contributed by atoms with E-state index in [1.165, 1.54) is 11.1 Å². The zero-order chi connectivity index (χ0) is 15.3. The van der Waals surface area contributed by atoms with Crippen LogP contribution in [0.5, 0.6) is 5.75 Å². The maximum absolute atomic E-state index is 5.99. The Kier molecular flexibility index (Phi) is 5.65. The minimum absolute atomic E-state index is 0.172. The van der Waals surface area contributed by atoms with Crippen molar-refractivity contribution in [3.05, 3.63) is 29.3 Å².